The van der Waals surface area contributed by atoms with Crippen molar-refractivity contribution in [3.05, 3.63) is 35.9 Å². The SMILES string of the molecule is CC[C@H](C)[C@H](NC(=O)[C@H](C)NC(=O)OCc1ccccc1)C(=O)OC. The van der Waals surface area contributed by atoms with Crippen LogP contribution in [0.3, 0.4) is 0 Å². The third kappa shape index (κ3) is 6.82. The van der Waals surface area contributed by atoms with Gasteiger partial charge >= 0.3 is 12.1 Å². The molecule has 0 aliphatic carbocycles. The van der Waals surface area contributed by atoms with E-state index in [4.69, 9.17) is 9.47 Å². The van der Waals surface area contributed by atoms with Gasteiger partial charge in [-0.25, -0.2) is 9.59 Å². The van der Waals surface area contributed by atoms with Crippen LogP contribution in [0, 0.1) is 5.92 Å². The van der Waals surface area contributed by atoms with Gasteiger partial charge in [-0.1, -0.05) is 50.6 Å². The minimum atomic E-state index is -0.848. The molecule has 138 valence electrons. The number of amides is 2. The first-order chi connectivity index (χ1) is 11.9. The second-order valence-corrected chi connectivity index (χ2v) is 5.82. The van der Waals surface area contributed by atoms with Crippen molar-refractivity contribution >= 4 is 18.0 Å². The average molecular weight is 350 g/mol. The molecule has 0 aliphatic heterocycles. The monoisotopic (exact) mass is 350 g/mol. The first-order valence-corrected chi connectivity index (χ1v) is 8.24. The van der Waals surface area contributed by atoms with Crippen LogP contribution in [-0.4, -0.2) is 37.2 Å². The maximum atomic E-state index is 12.2. The van der Waals surface area contributed by atoms with Crippen LogP contribution >= 0.6 is 0 Å². The molecule has 0 aliphatic rings. The summed E-state index contributed by atoms with van der Waals surface area (Å²) in [5, 5.41) is 5.06. The molecule has 1 rings (SSSR count). The molecule has 0 aromatic heterocycles. The van der Waals surface area contributed by atoms with Crippen molar-refractivity contribution in [2.75, 3.05) is 7.11 Å². The van der Waals surface area contributed by atoms with E-state index in [9.17, 15) is 14.4 Å². The number of rotatable bonds is 8. The van der Waals surface area contributed by atoms with E-state index in [1.807, 2.05) is 44.2 Å². The minimum absolute atomic E-state index is 0.0892. The van der Waals surface area contributed by atoms with Crippen molar-refractivity contribution in [1.29, 1.82) is 0 Å². The highest BCUT2D eigenvalue weighted by molar-refractivity contribution is 5.89. The van der Waals surface area contributed by atoms with Crippen molar-refractivity contribution in [3.8, 4) is 0 Å². The molecule has 0 unspecified atom stereocenters. The van der Waals surface area contributed by atoms with Crippen LogP contribution in [0.25, 0.3) is 0 Å². The number of ether oxygens (including phenoxy) is 2. The standard InChI is InChI=1S/C18H26N2O5/c1-5-12(2)15(17(22)24-4)20-16(21)13(3)19-18(23)25-11-14-9-7-6-8-10-14/h6-10,12-13,15H,5,11H2,1-4H3,(H,19,23)(H,20,21)/t12-,13-,15-/m0/s1. The number of alkyl carbamates (subject to hydrolysis) is 1. The Morgan fingerprint density at radius 3 is 2.28 bits per heavy atom. The molecule has 25 heavy (non-hydrogen) atoms. The topological polar surface area (TPSA) is 93.7 Å². The predicted molar refractivity (Wildman–Crippen MR) is 92.6 cm³/mol. The second-order valence-electron chi connectivity index (χ2n) is 5.82. The van der Waals surface area contributed by atoms with Crippen molar-refractivity contribution in [3.63, 3.8) is 0 Å². The van der Waals surface area contributed by atoms with E-state index < -0.39 is 30.1 Å². The van der Waals surface area contributed by atoms with Crippen LogP contribution in [0.5, 0.6) is 0 Å². The number of carbonyl (C=O) groups is 3. The molecule has 0 saturated heterocycles. The van der Waals surface area contributed by atoms with Crippen molar-refractivity contribution in [2.45, 2.75) is 45.9 Å². The Labute approximate surface area is 148 Å². The number of methoxy groups -OCH3 is 1. The lowest BCUT2D eigenvalue weighted by Gasteiger charge is -2.23. The lowest BCUT2D eigenvalue weighted by molar-refractivity contribution is -0.146. The van der Waals surface area contributed by atoms with Crippen LogP contribution in [-0.2, 0) is 25.7 Å². The Morgan fingerprint density at radius 1 is 1.08 bits per heavy atom. The summed E-state index contributed by atoms with van der Waals surface area (Å²) in [6.07, 6.45) is -0.00861. The number of carbonyl (C=O) groups excluding carboxylic acids is 3. The van der Waals surface area contributed by atoms with Gasteiger partial charge in [-0.15, -0.1) is 0 Å². The largest absolute Gasteiger partial charge is 0.467 e. The van der Waals surface area contributed by atoms with E-state index in [-0.39, 0.29) is 12.5 Å². The van der Waals surface area contributed by atoms with E-state index in [0.717, 1.165) is 5.56 Å². The number of nitrogens with one attached hydrogen (secondary N) is 2. The van der Waals surface area contributed by atoms with Gasteiger partial charge in [-0.3, -0.25) is 4.79 Å². The van der Waals surface area contributed by atoms with Crippen molar-refractivity contribution in [2.24, 2.45) is 5.92 Å². The van der Waals surface area contributed by atoms with Gasteiger partial charge in [0.2, 0.25) is 5.91 Å². The third-order valence-corrected chi connectivity index (χ3v) is 3.91. The molecular formula is C18H26N2O5. The molecule has 0 spiro atoms. The molecule has 7 heteroatoms. The summed E-state index contributed by atoms with van der Waals surface area (Å²) in [6, 6.07) is 7.60. The van der Waals surface area contributed by atoms with Crippen LogP contribution in [0.4, 0.5) is 4.79 Å². The summed E-state index contributed by atoms with van der Waals surface area (Å²) in [5.74, 6) is -1.08. The summed E-state index contributed by atoms with van der Waals surface area (Å²) >= 11 is 0. The number of esters is 1. The Balaban J connectivity index is 2.51. The minimum Gasteiger partial charge on any atom is -0.467 e. The Bertz CT molecular complexity index is 576. The van der Waals surface area contributed by atoms with Gasteiger partial charge in [0.25, 0.3) is 0 Å². The van der Waals surface area contributed by atoms with E-state index in [1.165, 1.54) is 14.0 Å². The molecule has 2 amide bonds. The first kappa shape index (κ1) is 20.5. The number of hydrogen-bond donors (Lipinski definition) is 2. The van der Waals surface area contributed by atoms with Crippen molar-refractivity contribution < 1.29 is 23.9 Å². The smallest absolute Gasteiger partial charge is 0.408 e. The van der Waals surface area contributed by atoms with Gasteiger partial charge in [0.05, 0.1) is 7.11 Å². The highest BCUT2D eigenvalue weighted by atomic mass is 16.5. The molecule has 3 atom stereocenters. The highest BCUT2D eigenvalue weighted by Crippen LogP contribution is 2.09. The Morgan fingerprint density at radius 2 is 1.72 bits per heavy atom. The summed E-state index contributed by atoms with van der Waals surface area (Å²) in [4.78, 5) is 35.8. The fourth-order valence-electron chi connectivity index (χ4n) is 2.08. The first-order valence-electron chi connectivity index (χ1n) is 8.24. The molecule has 0 saturated carbocycles. The quantitative estimate of drug-likeness (QED) is 0.700. The predicted octanol–water partition coefficient (Wildman–Crippen LogP) is 2.01. The third-order valence-electron chi connectivity index (χ3n) is 3.91. The van der Waals surface area contributed by atoms with Gasteiger partial charge in [-0.2, -0.15) is 0 Å². The van der Waals surface area contributed by atoms with E-state index in [2.05, 4.69) is 10.6 Å². The fraction of sp³-hybridized carbons (Fsp3) is 0.500. The van der Waals surface area contributed by atoms with Crippen LogP contribution in [0.15, 0.2) is 30.3 Å². The Kier molecular flexibility index (Phi) is 8.46. The van der Waals surface area contributed by atoms with E-state index in [0.29, 0.717) is 6.42 Å². The maximum absolute atomic E-state index is 12.2. The molecule has 1 aromatic carbocycles. The lowest BCUT2D eigenvalue weighted by Crippen LogP contribution is -2.52. The maximum Gasteiger partial charge on any atom is 0.408 e. The molecule has 1 aromatic rings. The van der Waals surface area contributed by atoms with Gasteiger partial charge in [-0.05, 0) is 18.4 Å². The van der Waals surface area contributed by atoms with Gasteiger partial charge in [0.15, 0.2) is 0 Å². The van der Waals surface area contributed by atoms with Crippen molar-refractivity contribution in [1.82, 2.24) is 10.6 Å². The molecule has 7 nitrogen and oxygen atoms in total. The number of hydrogen-bond acceptors (Lipinski definition) is 5. The Hall–Kier alpha value is -2.57. The molecule has 0 heterocycles. The molecule has 0 radical (unpaired) electrons. The summed E-state index contributed by atoms with van der Waals surface area (Å²) in [5.41, 5.74) is 0.845. The zero-order valence-corrected chi connectivity index (χ0v) is 15.1. The van der Waals surface area contributed by atoms with Gasteiger partial charge in [0.1, 0.15) is 18.7 Å². The zero-order valence-electron chi connectivity index (χ0n) is 15.1. The second kappa shape index (κ2) is 10.3. The van der Waals surface area contributed by atoms with Crippen LogP contribution in [0.1, 0.15) is 32.8 Å². The number of benzene rings is 1. The molecular weight excluding hydrogens is 324 g/mol. The van der Waals surface area contributed by atoms with E-state index >= 15 is 0 Å². The molecule has 0 bridgehead atoms. The van der Waals surface area contributed by atoms with Gasteiger partial charge in [0, 0.05) is 0 Å². The van der Waals surface area contributed by atoms with Gasteiger partial charge < -0.3 is 20.1 Å². The van der Waals surface area contributed by atoms with E-state index in [1.54, 1.807) is 0 Å². The fourth-order valence-corrected chi connectivity index (χ4v) is 2.08. The summed E-state index contributed by atoms with van der Waals surface area (Å²) < 4.78 is 9.79. The summed E-state index contributed by atoms with van der Waals surface area (Å²) in [7, 11) is 1.27. The molecule has 2 N–H and O–H groups in total. The van der Waals surface area contributed by atoms with Crippen LogP contribution < -0.4 is 10.6 Å². The summed E-state index contributed by atoms with van der Waals surface area (Å²) in [6.45, 7) is 5.38. The zero-order chi connectivity index (χ0) is 18.8. The highest BCUT2D eigenvalue weighted by Gasteiger charge is 2.28. The normalized spacial score (nSPS) is 13.9. The lowest BCUT2D eigenvalue weighted by atomic mass is 9.99. The van der Waals surface area contributed by atoms with Crippen LogP contribution in [0.2, 0.25) is 0 Å². The molecule has 0 fully saturated rings. The average Bonchev–Trinajstić information content (AvgIpc) is 2.63.